The number of anilines is 1. The minimum Gasteiger partial charge on any atom is -0.388 e. The molecule has 0 radical (unpaired) electrons. The summed E-state index contributed by atoms with van der Waals surface area (Å²) < 4.78 is 0. The van der Waals surface area contributed by atoms with Gasteiger partial charge in [0.25, 0.3) is 5.56 Å². The minimum atomic E-state index is -0.225. The molecule has 76 valence electrons. The van der Waals surface area contributed by atoms with Gasteiger partial charge in [0.05, 0.1) is 0 Å². The number of nitrogens with one attached hydrogen (secondary N) is 1. The van der Waals surface area contributed by atoms with Crippen LogP contribution >= 0.6 is 0 Å². The predicted molar refractivity (Wildman–Crippen MR) is 52.2 cm³/mol. The van der Waals surface area contributed by atoms with E-state index in [4.69, 9.17) is 5.11 Å². The number of H-pyrrole nitrogens is 1. The lowest BCUT2D eigenvalue weighted by atomic mass is 10.4. The fourth-order valence-electron chi connectivity index (χ4n) is 1.68. The molecule has 0 unspecified atom stereocenters. The first-order valence-electron chi connectivity index (χ1n) is 4.75. The quantitative estimate of drug-likeness (QED) is 0.689. The first kappa shape index (κ1) is 9.21. The van der Waals surface area contributed by atoms with E-state index in [-0.39, 0.29) is 12.2 Å². The Morgan fingerprint density at radius 1 is 1.50 bits per heavy atom. The molecule has 1 aromatic rings. The molecule has 0 aliphatic carbocycles. The third kappa shape index (κ3) is 1.77. The van der Waals surface area contributed by atoms with E-state index in [0.717, 1.165) is 25.9 Å². The van der Waals surface area contributed by atoms with Gasteiger partial charge in [0.15, 0.2) is 0 Å². The van der Waals surface area contributed by atoms with Crippen LogP contribution in [0.5, 0.6) is 0 Å². The van der Waals surface area contributed by atoms with E-state index in [0.29, 0.717) is 11.6 Å². The Balaban J connectivity index is 2.32. The molecule has 1 fully saturated rings. The lowest BCUT2D eigenvalue weighted by Gasteiger charge is -2.15. The summed E-state index contributed by atoms with van der Waals surface area (Å²) in [4.78, 5) is 19.9. The molecule has 1 saturated heterocycles. The summed E-state index contributed by atoms with van der Waals surface area (Å²) in [5, 5.41) is 8.88. The van der Waals surface area contributed by atoms with Crippen molar-refractivity contribution in [1.82, 2.24) is 9.97 Å². The highest BCUT2D eigenvalue weighted by Gasteiger charge is 2.14. The van der Waals surface area contributed by atoms with E-state index < -0.39 is 0 Å². The Bertz CT molecular complexity index is 369. The second-order valence-corrected chi connectivity index (χ2v) is 3.40. The fourth-order valence-corrected chi connectivity index (χ4v) is 1.68. The van der Waals surface area contributed by atoms with Crippen molar-refractivity contribution in [3.8, 4) is 0 Å². The van der Waals surface area contributed by atoms with Crippen LogP contribution in [0.3, 0.4) is 0 Å². The Morgan fingerprint density at radius 3 is 2.86 bits per heavy atom. The molecule has 2 heterocycles. The molecule has 2 rings (SSSR count). The van der Waals surface area contributed by atoms with Crippen molar-refractivity contribution in [3.63, 3.8) is 0 Å². The molecular formula is C9H13N3O2. The number of aliphatic hydroxyl groups excluding tert-OH is 1. The van der Waals surface area contributed by atoms with E-state index >= 15 is 0 Å². The Hall–Kier alpha value is -1.36. The molecule has 0 atom stereocenters. The zero-order valence-electron chi connectivity index (χ0n) is 7.86. The van der Waals surface area contributed by atoms with Crippen LogP contribution in [-0.2, 0) is 6.61 Å². The van der Waals surface area contributed by atoms with Crippen molar-refractivity contribution in [1.29, 1.82) is 0 Å². The normalized spacial score (nSPS) is 16.2. The van der Waals surface area contributed by atoms with Crippen LogP contribution in [0.4, 0.5) is 5.82 Å². The van der Waals surface area contributed by atoms with Crippen LogP contribution in [0.1, 0.15) is 18.7 Å². The molecule has 0 bridgehead atoms. The maximum Gasteiger partial charge on any atom is 0.253 e. The summed E-state index contributed by atoms with van der Waals surface area (Å²) in [5.74, 6) is 1.01. The Morgan fingerprint density at radius 2 is 2.21 bits per heavy atom. The van der Waals surface area contributed by atoms with Crippen molar-refractivity contribution < 1.29 is 5.11 Å². The maximum atomic E-state index is 11.2. The van der Waals surface area contributed by atoms with E-state index in [2.05, 4.69) is 14.9 Å². The second-order valence-electron chi connectivity index (χ2n) is 3.40. The van der Waals surface area contributed by atoms with Crippen LogP contribution in [0.2, 0.25) is 0 Å². The van der Waals surface area contributed by atoms with Gasteiger partial charge in [-0.05, 0) is 12.8 Å². The van der Waals surface area contributed by atoms with Crippen molar-refractivity contribution >= 4 is 5.82 Å². The molecule has 0 saturated carbocycles. The predicted octanol–water partition coefficient (Wildman–Crippen LogP) is -0.138. The summed E-state index contributed by atoms with van der Waals surface area (Å²) in [6.45, 7) is 1.67. The van der Waals surface area contributed by atoms with Crippen LogP contribution < -0.4 is 10.5 Å². The third-order valence-electron chi connectivity index (χ3n) is 2.36. The molecule has 1 aliphatic rings. The lowest BCUT2D eigenvalue weighted by molar-refractivity contribution is 0.271. The summed E-state index contributed by atoms with van der Waals surface area (Å²) in [7, 11) is 0. The SMILES string of the molecule is O=c1cc(N2CCCC2)nc(CO)[nH]1. The van der Waals surface area contributed by atoms with Crippen LogP contribution in [-0.4, -0.2) is 28.2 Å². The van der Waals surface area contributed by atoms with E-state index in [1.165, 1.54) is 6.07 Å². The van der Waals surface area contributed by atoms with Gasteiger partial charge in [0, 0.05) is 19.2 Å². The monoisotopic (exact) mass is 195 g/mol. The number of aromatic nitrogens is 2. The highest BCUT2D eigenvalue weighted by molar-refractivity contribution is 5.38. The summed E-state index contributed by atoms with van der Waals surface area (Å²) in [5.41, 5.74) is -0.203. The van der Waals surface area contributed by atoms with Crippen LogP contribution in [0.15, 0.2) is 10.9 Å². The van der Waals surface area contributed by atoms with Gasteiger partial charge in [-0.3, -0.25) is 4.79 Å². The number of aliphatic hydroxyl groups is 1. The minimum absolute atomic E-state index is 0.203. The topological polar surface area (TPSA) is 69.2 Å². The van der Waals surface area contributed by atoms with Crippen LogP contribution in [0.25, 0.3) is 0 Å². The van der Waals surface area contributed by atoms with Gasteiger partial charge in [-0.25, -0.2) is 4.98 Å². The van der Waals surface area contributed by atoms with Gasteiger partial charge >= 0.3 is 0 Å². The summed E-state index contributed by atoms with van der Waals surface area (Å²) in [6.07, 6.45) is 2.28. The molecular weight excluding hydrogens is 182 g/mol. The molecule has 5 heteroatoms. The van der Waals surface area contributed by atoms with E-state index in [9.17, 15) is 4.79 Å². The Labute approximate surface area is 81.4 Å². The van der Waals surface area contributed by atoms with Gasteiger partial charge in [-0.1, -0.05) is 0 Å². The summed E-state index contributed by atoms with van der Waals surface area (Å²) >= 11 is 0. The third-order valence-corrected chi connectivity index (χ3v) is 2.36. The smallest absolute Gasteiger partial charge is 0.253 e. The van der Waals surface area contributed by atoms with Crippen molar-refractivity contribution in [3.05, 3.63) is 22.2 Å². The maximum absolute atomic E-state index is 11.2. The molecule has 1 aromatic heterocycles. The first-order valence-corrected chi connectivity index (χ1v) is 4.75. The first-order chi connectivity index (χ1) is 6.79. The zero-order valence-corrected chi connectivity index (χ0v) is 7.86. The molecule has 14 heavy (non-hydrogen) atoms. The van der Waals surface area contributed by atoms with Crippen molar-refractivity contribution in [2.24, 2.45) is 0 Å². The molecule has 2 N–H and O–H groups in total. The van der Waals surface area contributed by atoms with Gasteiger partial charge < -0.3 is 15.0 Å². The lowest BCUT2D eigenvalue weighted by Crippen LogP contribution is -2.23. The highest BCUT2D eigenvalue weighted by Crippen LogP contribution is 2.15. The molecule has 0 amide bonds. The van der Waals surface area contributed by atoms with Crippen molar-refractivity contribution in [2.45, 2.75) is 19.4 Å². The largest absolute Gasteiger partial charge is 0.388 e. The molecule has 5 nitrogen and oxygen atoms in total. The van der Waals surface area contributed by atoms with E-state index in [1.807, 2.05) is 0 Å². The highest BCUT2D eigenvalue weighted by atomic mass is 16.3. The molecule has 0 spiro atoms. The average Bonchev–Trinajstić information content (AvgIpc) is 2.69. The Kier molecular flexibility index (Phi) is 2.49. The number of hydrogen-bond acceptors (Lipinski definition) is 4. The van der Waals surface area contributed by atoms with Gasteiger partial charge in [0.2, 0.25) is 0 Å². The van der Waals surface area contributed by atoms with E-state index in [1.54, 1.807) is 0 Å². The zero-order chi connectivity index (χ0) is 9.97. The van der Waals surface area contributed by atoms with Gasteiger partial charge in [0.1, 0.15) is 18.2 Å². The fraction of sp³-hybridized carbons (Fsp3) is 0.556. The standard InChI is InChI=1S/C9H13N3O2/c13-6-7-10-8(5-9(14)11-7)12-3-1-2-4-12/h5,13H,1-4,6H2,(H,10,11,14). The average molecular weight is 195 g/mol. The summed E-state index contributed by atoms with van der Waals surface area (Å²) in [6, 6.07) is 1.48. The van der Waals surface area contributed by atoms with Crippen molar-refractivity contribution in [2.75, 3.05) is 18.0 Å². The second kappa shape index (κ2) is 3.79. The molecule has 0 aromatic carbocycles. The number of nitrogens with zero attached hydrogens (tertiary/aromatic N) is 2. The number of hydrogen-bond donors (Lipinski definition) is 2. The van der Waals surface area contributed by atoms with Crippen LogP contribution in [0, 0.1) is 0 Å². The van der Waals surface area contributed by atoms with Gasteiger partial charge in [-0.15, -0.1) is 0 Å². The molecule has 1 aliphatic heterocycles. The number of aromatic amines is 1. The number of rotatable bonds is 2. The van der Waals surface area contributed by atoms with Gasteiger partial charge in [-0.2, -0.15) is 0 Å².